The van der Waals surface area contributed by atoms with E-state index in [2.05, 4.69) is 0 Å². The number of aliphatic hydroxyl groups is 1. The molecule has 2 unspecified atom stereocenters. The Balaban J connectivity index is 1.88. The van der Waals surface area contributed by atoms with Crippen molar-refractivity contribution in [1.29, 1.82) is 0 Å². The second kappa shape index (κ2) is 6.32. The van der Waals surface area contributed by atoms with Crippen molar-refractivity contribution in [3.8, 4) is 0 Å². The van der Waals surface area contributed by atoms with Gasteiger partial charge in [0.05, 0.1) is 18.8 Å². The van der Waals surface area contributed by atoms with Gasteiger partial charge >= 0.3 is 0 Å². The molecular formula is C9H19NO3. The monoisotopic (exact) mass is 189 g/mol. The van der Waals surface area contributed by atoms with Gasteiger partial charge in [-0.3, -0.25) is 0 Å². The average Bonchev–Trinajstić information content (AvgIpc) is 2.64. The van der Waals surface area contributed by atoms with Crippen LogP contribution in [0.3, 0.4) is 0 Å². The minimum Gasteiger partial charge on any atom is -0.392 e. The van der Waals surface area contributed by atoms with Gasteiger partial charge in [0, 0.05) is 19.8 Å². The highest BCUT2D eigenvalue weighted by Gasteiger charge is 2.15. The summed E-state index contributed by atoms with van der Waals surface area (Å²) in [5, 5.41) is 9.11. The molecule has 0 aromatic carbocycles. The number of aliphatic hydroxyl groups excluding tert-OH is 1. The lowest BCUT2D eigenvalue weighted by Crippen LogP contribution is -2.22. The van der Waals surface area contributed by atoms with Crippen molar-refractivity contribution in [3.63, 3.8) is 0 Å². The molecule has 0 aromatic rings. The number of rotatable bonds is 6. The quantitative estimate of drug-likeness (QED) is 0.572. The Bertz CT molecular complexity index is 126. The van der Waals surface area contributed by atoms with Gasteiger partial charge in [-0.25, -0.2) is 0 Å². The van der Waals surface area contributed by atoms with E-state index in [1.165, 1.54) is 0 Å². The highest BCUT2D eigenvalue weighted by molar-refractivity contribution is 4.63. The van der Waals surface area contributed by atoms with E-state index in [0.717, 1.165) is 19.4 Å². The van der Waals surface area contributed by atoms with Crippen LogP contribution in [-0.2, 0) is 9.47 Å². The molecule has 78 valence electrons. The van der Waals surface area contributed by atoms with Crippen LogP contribution in [0.2, 0.25) is 0 Å². The van der Waals surface area contributed by atoms with Crippen molar-refractivity contribution in [2.24, 2.45) is 5.73 Å². The summed E-state index contributed by atoms with van der Waals surface area (Å²) in [7, 11) is 0. The van der Waals surface area contributed by atoms with Gasteiger partial charge in [0.2, 0.25) is 0 Å². The third-order valence-corrected chi connectivity index (χ3v) is 2.20. The molecule has 0 aromatic heterocycles. The van der Waals surface area contributed by atoms with E-state index in [-0.39, 0.29) is 6.10 Å². The average molecular weight is 189 g/mol. The van der Waals surface area contributed by atoms with Gasteiger partial charge in [-0.15, -0.1) is 0 Å². The molecule has 0 saturated carbocycles. The van der Waals surface area contributed by atoms with Gasteiger partial charge in [0.1, 0.15) is 0 Å². The largest absolute Gasteiger partial charge is 0.392 e. The second-order valence-corrected chi connectivity index (χ2v) is 3.39. The highest BCUT2D eigenvalue weighted by Crippen LogP contribution is 2.11. The van der Waals surface area contributed by atoms with Crippen LogP contribution in [0.5, 0.6) is 0 Å². The van der Waals surface area contributed by atoms with Crippen molar-refractivity contribution < 1.29 is 14.6 Å². The first-order chi connectivity index (χ1) is 6.33. The number of hydrogen-bond donors (Lipinski definition) is 2. The second-order valence-electron chi connectivity index (χ2n) is 3.39. The van der Waals surface area contributed by atoms with E-state index < -0.39 is 6.10 Å². The van der Waals surface area contributed by atoms with E-state index in [4.69, 9.17) is 20.3 Å². The lowest BCUT2D eigenvalue weighted by atomic mass is 10.2. The number of hydrogen-bond acceptors (Lipinski definition) is 4. The summed E-state index contributed by atoms with van der Waals surface area (Å²) >= 11 is 0. The number of ether oxygens (including phenoxy) is 2. The molecule has 1 aliphatic rings. The van der Waals surface area contributed by atoms with Crippen molar-refractivity contribution in [3.05, 3.63) is 0 Å². The zero-order valence-electron chi connectivity index (χ0n) is 7.95. The van der Waals surface area contributed by atoms with Crippen LogP contribution in [0.15, 0.2) is 0 Å². The van der Waals surface area contributed by atoms with Crippen molar-refractivity contribution in [2.45, 2.75) is 31.5 Å². The molecule has 0 amide bonds. The Kier molecular flexibility index (Phi) is 5.31. The first-order valence-corrected chi connectivity index (χ1v) is 4.90. The summed E-state index contributed by atoms with van der Waals surface area (Å²) in [6.45, 7) is 2.39. The SMILES string of the molecule is NCC(O)CCOCC1CCCO1. The zero-order chi connectivity index (χ0) is 9.52. The normalized spacial score (nSPS) is 24.9. The fourth-order valence-corrected chi connectivity index (χ4v) is 1.33. The van der Waals surface area contributed by atoms with Crippen LogP contribution < -0.4 is 5.73 Å². The molecule has 1 heterocycles. The predicted molar refractivity (Wildman–Crippen MR) is 49.5 cm³/mol. The maximum Gasteiger partial charge on any atom is 0.0809 e. The Morgan fingerprint density at radius 3 is 3.08 bits per heavy atom. The molecule has 0 bridgehead atoms. The maximum atomic E-state index is 9.11. The lowest BCUT2D eigenvalue weighted by molar-refractivity contribution is 0.00706. The van der Waals surface area contributed by atoms with Gasteiger partial charge in [0.25, 0.3) is 0 Å². The molecule has 13 heavy (non-hydrogen) atoms. The molecule has 0 spiro atoms. The Hall–Kier alpha value is -0.160. The molecule has 2 atom stereocenters. The fraction of sp³-hybridized carbons (Fsp3) is 1.00. The molecule has 4 nitrogen and oxygen atoms in total. The third kappa shape index (κ3) is 4.57. The molecule has 3 N–H and O–H groups in total. The molecule has 1 rings (SSSR count). The molecule has 4 heteroatoms. The maximum absolute atomic E-state index is 9.11. The van der Waals surface area contributed by atoms with Gasteiger partial charge in [0.15, 0.2) is 0 Å². The van der Waals surface area contributed by atoms with Crippen LogP contribution in [0.1, 0.15) is 19.3 Å². The summed E-state index contributed by atoms with van der Waals surface area (Å²) < 4.78 is 10.7. The molecule has 1 fully saturated rings. The highest BCUT2D eigenvalue weighted by atomic mass is 16.5. The summed E-state index contributed by atoms with van der Waals surface area (Å²) in [4.78, 5) is 0. The summed E-state index contributed by atoms with van der Waals surface area (Å²) in [5.41, 5.74) is 5.25. The summed E-state index contributed by atoms with van der Waals surface area (Å²) in [5.74, 6) is 0. The van der Waals surface area contributed by atoms with E-state index in [1.54, 1.807) is 0 Å². The Morgan fingerprint density at radius 2 is 2.46 bits per heavy atom. The van der Waals surface area contributed by atoms with Crippen molar-refractivity contribution >= 4 is 0 Å². The van der Waals surface area contributed by atoms with Gasteiger partial charge in [-0.2, -0.15) is 0 Å². The van der Waals surface area contributed by atoms with Crippen LogP contribution >= 0.6 is 0 Å². The zero-order valence-corrected chi connectivity index (χ0v) is 7.95. The third-order valence-electron chi connectivity index (χ3n) is 2.20. The first kappa shape index (κ1) is 10.9. The van der Waals surface area contributed by atoms with Gasteiger partial charge in [-0.05, 0) is 19.3 Å². The molecular weight excluding hydrogens is 170 g/mol. The number of nitrogens with two attached hydrogens (primary N) is 1. The van der Waals surface area contributed by atoms with Crippen LogP contribution in [0.25, 0.3) is 0 Å². The Labute approximate surface area is 79.0 Å². The van der Waals surface area contributed by atoms with Crippen molar-refractivity contribution in [1.82, 2.24) is 0 Å². The van der Waals surface area contributed by atoms with Gasteiger partial charge in [-0.1, -0.05) is 0 Å². The van der Waals surface area contributed by atoms with Crippen LogP contribution in [-0.4, -0.2) is 43.7 Å². The molecule has 0 radical (unpaired) electrons. The Morgan fingerprint density at radius 1 is 1.62 bits per heavy atom. The molecule has 0 aliphatic carbocycles. The minimum absolute atomic E-state index is 0.273. The van der Waals surface area contributed by atoms with Crippen LogP contribution in [0, 0.1) is 0 Å². The standard InChI is InChI=1S/C9H19NO3/c10-6-8(11)3-5-12-7-9-2-1-4-13-9/h8-9,11H,1-7,10H2. The van der Waals surface area contributed by atoms with E-state index in [1.807, 2.05) is 0 Å². The van der Waals surface area contributed by atoms with Crippen molar-refractivity contribution in [2.75, 3.05) is 26.4 Å². The van der Waals surface area contributed by atoms with E-state index in [0.29, 0.717) is 26.2 Å². The topological polar surface area (TPSA) is 64.7 Å². The van der Waals surface area contributed by atoms with Crippen LogP contribution in [0.4, 0.5) is 0 Å². The molecule has 1 aliphatic heterocycles. The van der Waals surface area contributed by atoms with Gasteiger partial charge < -0.3 is 20.3 Å². The lowest BCUT2D eigenvalue weighted by Gasteiger charge is -2.11. The van der Waals surface area contributed by atoms with E-state index >= 15 is 0 Å². The minimum atomic E-state index is -0.426. The smallest absolute Gasteiger partial charge is 0.0809 e. The molecule has 1 saturated heterocycles. The summed E-state index contributed by atoms with van der Waals surface area (Å²) in [6, 6.07) is 0. The van der Waals surface area contributed by atoms with E-state index in [9.17, 15) is 0 Å². The summed E-state index contributed by atoms with van der Waals surface area (Å²) in [6.07, 6.45) is 2.70. The first-order valence-electron chi connectivity index (χ1n) is 4.90. The fourth-order valence-electron chi connectivity index (χ4n) is 1.33. The predicted octanol–water partition coefficient (Wildman–Crippen LogP) is -0.108.